The van der Waals surface area contributed by atoms with Gasteiger partial charge in [-0.25, -0.2) is 8.42 Å². The molecular weight excluding hydrogens is 368 g/mol. The van der Waals surface area contributed by atoms with E-state index in [9.17, 15) is 8.42 Å². The molecule has 2 aromatic rings. The van der Waals surface area contributed by atoms with E-state index in [0.717, 1.165) is 5.69 Å². The zero-order chi connectivity index (χ0) is 18.9. The van der Waals surface area contributed by atoms with Crippen molar-refractivity contribution in [2.24, 2.45) is 0 Å². The smallest absolute Gasteiger partial charge is 0.243 e. The molecule has 1 aliphatic rings. The van der Waals surface area contributed by atoms with Crippen molar-refractivity contribution in [3.63, 3.8) is 0 Å². The summed E-state index contributed by atoms with van der Waals surface area (Å²) >= 11 is 5.86. The van der Waals surface area contributed by atoms with Crippen molar-refractivity contribution < 1.29 is 8.42 Å². The summed E-state index contributed by atoms with van der Waals surface area (Å²) in [6.45, 7) is 8.91. The van der Waals surface area contributed by atoms with Crippen LogP contribution in [0.2, 0.25) is 5.02 Å². The molecule has 0 N–H and O–H groups in total. The molecule has 0 aromatic heterocycles. The Bertz CT molecular complexity index is 848. The maximum atomic E-state index is 12.8. The van der Waals surface area contributed by atoms with E-state index >= 15 is 0 Å². The van der Waals surface area contributed by atoms with Crippen molar-refractivity contribution in [3.8, 4) is 0 Å². The first-order valence-corrected chi connectivity index (χ1v) is 10.6. The first-order valence-electron chi connectivity index (χ1n) is 8.79. The standard InChI is InChI=1S/C20H25ClN2O2S/c1-20(2,3)16-4-8-18(9-5-16)22-12-14-23(15-13-22)26(24,25)19-10-6-17(21)7-11-19/h4-11H,12-15H2,1-3H3. The summed E-state index contributed by atoms with van der Waals surface area (Å²) in [7, 11) is -3.46. The quantitative estimate of drug-likeness (QED) is 0.787. The Hall–Kier alpha value is -1.56. The number of halogens is 1. The van der Waals surface area contributed by atoms with Crippen molar-refractivity contribution in [3.05, 3.63) is 59.1 Å². The second-order valence-electron chi connectivity index (χ2n) is 7.64. The molecule has 1 fully saturated rings. The van der Waals surface area contributed by atoms with Crippen LogP contribution >= 0.6 is 11.6 Å². The number of hydrogen-bond donors (Lipinski definition) is 0. The minimum Gasteiger partial charge on any atom is -0.369 e. The molecule has 1 saturated heterocycles. The van der Waals surface area contributed by atoms with E-state index < -0.39 is 10.0 Å². The number of benzene rings is 2. The van der Waals surface area contributed by atoms with Gasteiger partial charge in [-0.3, -0.25) is 0 Å². The molecule has 0 amide bonds. The fourth-order valence-electron chi connectivity index (χ4n) is 3.11. The Balaban J connectivity index is 1.68. The van der Waals surface area contributed by atoms with E-state index in [1.165, 1.54) is 5.56 Å². The van der Waals surface area contributed by atoms with Crippen LogP contribution in [-0.2, 0) is 15.4 Å². The van der Waals surface area contributed by atoms with Crippen LogP contribution in [0.25, 0.3) is 0 Å². The predicted molar refractivity (Wildman–Crippen MR) is 108 cm³/mol. The molecule has 0 saturated carbocycles. The van der Waals surface area contributed by atoms with Crippen LogP contribution in [0.4, 0.5) is 5.69 Å². The first kappa shape index (κ1) is 19.2. The van der Waals surface area contributed by atoms with Crippen molar-refractivity contribution >= 4 is 27.3 Å². The lowest BCUT2D eigenvalue weighted by Gasteiger charge is -2.35. The lowest BCUT2D eigenvalue weighted by atomic mass is 9.87. The van der Waals surface area contributed by atoms with Gasteiger partial charge in [0.05, 0.1) is 4.90 Å². The van der Waals surface area contributed by atoms with Crippen LogP contribution in [0, 0.1) is 0 Å². The number of hydrogen-bond acceptors (Lipinski definition) is 3. The summed E-state index contributed by atoms with van der Waals surface area (Å²) in [4.78, 5) is 2.53. The normalized spacial score (nSPS) is 16.7. The predicted octanol–water partition coefficient (Wildman–Crippen LogP) is 4.15. The zero-order valence-corrected chi connectivity index (χ0v) is 17.0. The topological polar surface area (TPSA) is 40.6 Å². The third-order valence-electron chi connectivity index (χ3n) is 4.79. The van der Waals surface area contributed by atoms with Crippen LogP contribution in [0.15, 0.2) is 53.4 Å². The molecule has 0 bridgehead atoms. The highest BCUT2D eigenvalue weighted by molar-refractivity contribution is 7.89. The molecule has 0 spiro atoms. The van der Waals surface area contributed by atoms with E-state index in [1.54, 1.807) is 28.6 Å². The Morgan fingerprint density at radius 1 is 0.846 bits per heavy atom. The Morgan fingerprint density at radius 3 is 1.88 bits per heavy atom. The van der Waals surface area contributed by atoms with E-state index in [1.807, 2.05) is 0 Å². The Morgan fingerprint density at radius 2 is 1.38 bits per heavy atom. The lowest BCUT2D eigenvalue weighted by molar-refractivity contribution is 0.385. The molecule has 2 aromatic carbocycles. The third kappa shape index (κ3) is 4.05. The molecular formula is C20H25ClN2O2S. The van der Waals surface area contributed by atoms with Gasteiger partial charge in [-0.05, 0) is 47.4 Å². The monoisotopic (exact) mass is 392 g/mol. The van der Waals surface area contributed by atoms with Crippen molar-refractivity contribution in [1.29, 1.82) is 0 Å². The minimum absolute atomic E-state index is 0.129. The summed E-state index contributed by atoms with van der Waals surface area (Å²) in [6.07, 6.45) is 0. The highest BCUT2D eigenvalue weighted by Crippen LogP contribution is 2.26. The van der Waals surface area contributed by atoms with Crippen LogP contribution in [0.5, 0.6) is 0 Å². The lowest BCUT2D eigenvalue weighted by Crippen LogP contribution is -2.48. The van der Waals surface area contributed by atoms with Crippen LogP contribution in [-0.4, -0.2) is 38.9 Å². The van der Waals surface area contributed by atoms with E-state index in [2.05, 4.69) is 49.9 Å². The second kappa shape index (κ2) is 7.22. The molecule has 0 aliphatic carbocycles. The second-order valence-corrected chi connectivity index (χ2v) is 10.0. The largest absolute Gasteiger partial charge is 0.369 e. The maximum Gasteiger partial charge on any atom is 0.243 e. The third-order valence-corrected chi connectivity index (χ3v) is 6.95. The molecule has 1 aliphatic heterocycles. The van der Waals surface area contributed by atoms with Gasteiger partial charge in [0.2, 0.25) is 10.0 Å². The number of rotatable bonds is 3. The van der Waals surface area contributed by atoms with Gasteiger partial charge in [0, 0.05) is 36.9 Å². The Kier molecular flexibility index (Phi) is 5.33. The maximum absolute atomic E-state index is 12.8. The highest BCUT2D eigenvalue weighted by Gasteiger charge is 2.28. The summed E-state index contributed by atoms with van der Waals surface area (Å²) < 4.78 is 27.1. The molecule has 0 unspecified atom stereocenters. The van der Waals surface area contributed by atoms with Crippen LogP contribution in [0.1, 0.15) is 26.3 Å². The molecule has 140 valence electrons. The van der Waals surface area contributed by atoms with E-state index in [4.69, 9.17) is 11.6 Å². The van der Waals surface area contributed by atoms with Gasteiger partial charge in [0.1, 0.15) is 0 Å². The first-order chi connectivity index (χ1) is 12.2. The molecule has 6 heteroatoms. The van der Waals surface area contributed by atoms with Gasteiger partial charge in [0.15, 0.2) is 0 Å². The summed E-state index contributed by atoms with van der Waals surface area (Å²) in [5.41, 5.74) is 2.57. The van der Waals surface area contributed by atoms with Gasteiger partial charge < -0.3 is 4.90 Å². The minimum atomic E-state index is -3.46. The summed E-state index contributed by atoms with van der Waals surface area (Å²) in [5.74, 6) is 0. The highest BCUT2D eigenvalue weighted by atomic mass is 35.5. The average Bonchev–Trinajstić information content (AvgIpc) is 2.62. The summed E-state index contributed by atoms with van der Waals surface area (Å²) in [6, 6.07) is 14.9. The van der Waals surface area contributed by atoms with Gasteiger partial charge >= 0.3 is 0 Å². The van der Waals surface area contributed by atoms with Crippen molar-refractivity contribution in [2.75, 3.05) is 31.1 Å². The van der Waals surface area contributed by atoms with E-state index in [0.29, 0.717) is 36.1 Å². The fraction of sp³-hybridized carbons (Fsp3) is 0.400. The molecule has 4 nitrogen and oxygen atoms in total. The number of sulfonamides is 1. The van der Waals surface area contributed by atoms with Gasteiger partial charge in [-0.2, -0.15) is 4.31 Å². The van der Waals surface area contributed by atoms with Gasteiger partial charge in [-0.1, -0.05) is 44.5 Å². The molecule has 0 atom stereocenters. The van der Waals surface area contributed by atoms with Crippen molar-refractivity contribution in [2.45, 2.75) is 31.1 Å². The van der Waals surface area contributed by atoms with Gasteiger partial charge in [0.25, 0.3) is 0 Å². The summed E-state index contributed by atoms with van der Waals surface area (Å²) in [5, 5.41) is 0.535. The van der Waals surface area contributed by atoms with Crippen LogP contribution in [0.3, 0.4) is 0 Å². The zero-order valence-electron chi connectivity index (χ0n) is 15.4. The van der Waals surface area contributed by atoms with Crippen LogP contribution < -0.4 is 4.90 Å². The SMILES string of the molecule is CC(C)(C)c1ccc(N2CCN(S(=O)(=O)c3ccc(Cl)cc3)CC2)cc1. The number of nitrogens with zero attached hydrogens (tertiary/aromatic N) is 2. The molecule has 3 rings (SSSR count). The fourth-order valence-corrected chi connectivity index (χ4v) is 4.66. The van der Waals surface area contributed by atoms with Crippen molar-refractivity contribution in [1.82, 2.24) is 4.31 Å². The average molecular weight is 393 g/mol. The molecule has 26 heavy (non-hydrogen) atoms. The molecule has 1 heterocycles. The number of piperazine rings is 1. The molecule has 0 radical (unpaired) electrons. The van der Waals surface area contributed by atoms with Gasteiger partial charge in [-0.15, -0.1) is 0 Å². The van der Waals surface area contributed by atoms with E-state index in [-0.39, 0.29) is 5.41 Å². The number of anilines is 1. The Labute approximate surface area is 161 Å².